The average molecular weight is 370 g/mol. The summed E-state index contributed by atoms with van der Waals surface area (Å²) in [5, 5.41) is 8.35. The second-order valence-corrected chi connectivity index (χ2v) is 6.69. The average Bonchev–Trinajstić information content (AvgIpc) is 3.09. The van der Waals surface area contributed by atoms with Crippen molar-refractivity contribution in [2.24, 2.45) is 10.1 Å². The van der Waals surface area contributed by atoms with E-state index in [0.717, 1.165) is 33.4 Å². The third-order valence-electron chi connectivity index (χ3n) is 4.85. The maximum absolute atomic E-state index is 12.7. The number of anilines is 2. The van der Waals surface area contributed by atoms with Crippen molar-refractivity contribution in [3.8, 4) is 0 Å². The first-order chi connectivity index (χ1) is 13.7. The molecule has 5 rings (SSSR count). The van der Waals surface area contributed by atoms with Crippen LogP contribution in [0.15, 0.2) is 70.8 Å². The molecule has 0 saturated heterocycles. The van der Waals surface area contributed by atoms with Crippen molar-refractivity contribution in [3.63, 3.8) is 0 Å². The number of aliphatic imine (C=N–C) groups is 1. The smallest absolute Gasteiger partial charge is 0.376 e. The Kier molecular flexibility index (Phi) is 3.65. The van der Waals surface area contributed by atoms with Crippen LogP contribution in [0.3, 0.4) is 0 Å². The minimum Gasteiger partial charge on any atom is -0.460 e. The van der Waals surface area contributed by atoms with Crippen molar-refractivity contribution < 1.29 is 9.53 Å². The number of ether oxygens (including phenoxy) is 1. The molecule has 0 aliphatic carbocycles. The molecule has 0 spiro atoms. The number of benzene rings is 3. The zero-order valence-electron chi connectivity index (χ0n) is 15.6. The van der Waals surface area contributed by atoms with Crippen LogP contribution in [-0.2, 0) is 9.53 Å². The molecule has 0 unspecified atom stereocenters. The normalized spacial score (nSPS) is 14.6. The Hall–Kier alpha value is -3.67. The van der Waals surface area contributed by atoms with E-state index in [1.165, 1.54) is 0 Å². The van der Waals surface area contributed by atoms with E-state index in [4.69, 9.17) is 9.73 Å². The Morgan fingerprint density at radius 2 is 1.79 bits per heavy atom. The van der Waals surface area contributed by atoms with E-state index in [2.05, 4.69) is 5.10 Å². The lowest BCUT2D eigenvalue weighted by Crippen LogP contribution is -2.42. The van der Waals surface area contributed by atoms with E-state index in [-0.39, 0.29) is 12.4 Å². The summed E-state index contributed by atoms with van der Waals surface area (Å²) in [5.74, 6) is 0.308. The summed E-state index contributed by atoms with van der Waals surface area (Å²) in [6.45, 7) is 4.10. The number of hydrogen-bond donors (Lipinski definition) is 0. The number of carbonyl (C=O) groups excluding carboxylic acids is 1. The minimum atomic E-state index is -0.471. The van der Waals surface area contributed by atoms with Crippen LogP contribution >= 0.6 is 0 Å². The van der Waals surface area contributed by atoms with E-state index in [1.807, 2.05) is 67.6 Å². The highest BCUT2D eigenvalue weighted by Crippen LogP contribution is 2.41. The van der Waals surface area contributed by atoms with Gasteiger partial charge >= 0.3 is 5.97 Å². The van der Waals surface area contributed by atoms with Crippen LogP contribution in [0.1, 0.15) is 12.5 Å². The van der Waals surface area contributed by atoms with Crippen molar-refractivity contribution >= 4 is 45.6 Å². The molecule has 0 saturated carbocycles. The number of aryl methyl sites for hydroxylation is 1. The zero-order valence-corrected chi connectivity index (χ0v) is 15.6. The van der Waals surface area contributed by atoms with Gasteiger partial charge in [0.25, 0.3) is 0 Å². The number of amidine groups is 1. The van der Waals surface area contributed by atoms with Gasteiger partial charge in [-0.05, 0) is 43.5 Å². The molecule has 0 bridgehead atoms. The van der Waals surface area contributed by atoms with Crippen molar-refractivity contribution in [2.45, 2.75) is 13.8 Å². The highest BCUT2D eigenvalue weighted by molar-refractivity contribution is 6.51. The van der Waals surface area contributed by atoms with Gasteiger partial charge in [-0.15, -0.1) is 5.10 Å². The van der Waals surface area contributed by atoms with Gasteiger partial charge in [-0.25, -0.2) is 9.79 Å². The second-order valence-electron chi connectivity index (χ2n) is 6.69. The van der Waals surface area contributed by atoms with Crippen LogP contribution in [0.25, 0.3) is 10.8 Å². The van der Waals surface area contributed by atoms with Crippen molar-refractivity contribution in [1.29, 1.82) is 0 Å². The number of esters is 1. The van der Waals surface area contributed by atoms with Gasteiger partial charge in [0.05, 0.1) is 23.7 Å². The van der Waals surface area contributed by atoms with Crippen LogP contribution in [0.4, 0.5) is 17.1 Å². The summed E-state index contributed by atoms with van der Waals surface area (Å²) in [4.78, 5) is 19.3. The van der Waals surface area contributed by atoms with Gasteiger partial charge in [0.2, 0.25) is 11.8 Å². The van der Waals surface area contributed by atoms with E-state index in [1.54, 1.807) is 16.8 Å². The first-order valence-electron chi connectivity index (χ1n) is 9.20. The fraction of sp³-hybridized carbons (Fsp3) is 0.136. The number of fused-ring (bicyclic) bond motifs is 2. The fourth-order valence-electron chi connectivity index (χ4n) is 3.57. The fourth-order valence-corrected chi connectivity index (χ4v) is 3.57. The van der Waals surface area contributed by atoms with Crippen molar-refractivity contribution in [1.82, 2.24) is 0 Å². The summed E-state index contributed by atoms with van der Waals surface area (Å²) in [6.07, 6.45) is 0. The highest BCUT2D eigenvalue weighted by atomic mass is 16.5. The van der Waals surface area contributed by atoms with E-state index < -0.39 is 5.97 Å². The second kappa shape index (κ2) is 6.20. The van der Waals surface area contributed by atoms with E-state index >= 15 is 0 Å². The molecule has 0 atom stereocenters. The van der Waals surface area contributed by atoms with E-state index in [0.29, 0.717) is 5.96 Å². The summed E-state index contributed by atoms with van der Waals surface area (Å²) in [6, 6.07) is 19.9. The van der Waals surface area contributed by atoms with Gasteiger partial charge in [0.15, 0.2) is 0 Å². The van der Waals surface area contributed by atoms with Crippen molar-refractivity contribution in [2.75, 3.05) is 16.5 Å². The molecule has 0 N–H and O–H groups in total. The monoisotopic (exact) mass is 370 g/mol. The summed E-state index contributed by atoms with van der Waals surface area (Å²) in [5.41, 5.74) is 3.71. The quantitative estimate of drug-likeness (QED) is 0.643. The lowest BCUT2D eigenvalue weighted by Gasteiger charge is -2.27. The topological polar surface area (TPSA) is 57.5 Å². The van der Waals surface area contributed by atoms with Crippen LogP contribution in [0.2, 0.25) is 0 Å². The first kappa shape index (κ1) is 16.5. The number of hydrazone groups is 1. The van der Waals surface area contributed by atoms with Gasteiger partial charge in [-0.3, -0.25) is 4.90 Å². The third kappa shape index (κ3) is 2.38. The molecule has 0 amide bonds. The predicted octanol–water partition coefficient (Wildman–Crippen LogP) is 4.35. The molecular weight excluding hydrogens is 352 g/mol. The molecule has 138 valence electrons. The maximum Gasteiger partial charge on any atom is 0.376 e. The lowest BCUT2D eigenvalue weighted by molar-refractivity contribution is -0.135. The summed E-state index contributed by atoms with van der Waals surface area (Å²) in [7, 11) is 0. The molecule has 6 nitrogen and oxygen atoms in total. The summed E-state index contributed by atoms with van der Waals surface area (Å²) >= 11 is 0. The predicted molar refractivity (Wildman–Crippen MR) is 111 cm³/mol. The number of rotatable bonds is 3. The largest absolute Gasteiger partial charge is 0.460 e. The maximum atomic E-state index is 12.7. The minimum absolute atomic E-state index is 0.211. The SMILES string of the molecule is CCOC(=O)C1=NN(c2ccc(C)cc2)C2=Nc3cccc4cccc(c34)N12. The van der Waals surface area contributed by atoms with Crippen molar-refractivity contribution in [3.05, 3.63) is 66.2 Å². The number of guanidine groups is 1. The first-order valence-corrected chi connectivity index (χ1v) is 9.20. The van der Waals surface area contributed by atoms with Gasteiger partial charge in [-0.2, -0.15) is 5.01 Å². The zero-order chi connectivity index (χ0) is 19.3. The molecule has 0 radical (unpaired) electrons. The summed E-state index contributed by atoms with van der Waals surface area (Å²) < 4.78 is 5.27. The molecule has 3 aromatic rings. The third-order valence-corrected chi connectivity index (χ3v) is 4.85. The molecule has 3 aromatic carbocycles. The number of carbonyl (C=O) groups is 1. The molecule has 2 aliphatic rings. The van der Waals surface area contributed by atoms with Crippen LogP contribution in [0.5, 0.6) is 0 Å². The number of hydrogen-bond acceptors (Lipinski definition) is 6. The number of nitrogens with zero attached hydrogens (tertiary/aromatic N) is 4. The van der Waals surface area contributed by atoms with Crippen LogP contribution < -0.4 is 9.91 Å². The molecule has 0 fully saturated rings. The highest BCUT2D eigenvalue weighted by Gasteiger charge is 2.40. The Labute approximate surface area is 162 Å². The Bertz CT molecular complexity index is 1160. The molecule has 0 aromatic heterocycles. The van der Waals surface area contributed by atoms with Crippen LogP contribution in [0, 0.1) is 6.92 Å². The molecular formula is C22H18N4O2. The van der Waals surface area contributed by atoms with E-state index in [9.17, 15) is 4.79 Å². The van der Waals surface area contributed by atoms with Gasteiger partial charge in [0.1, 0.15) is 0 Å². The Morgan fingerprint density at radius 1 is 1.04 bits per heavy atom. The van der Waals surface area contributed by atoms with Gasteiger partial charge in [0, 0.05) is 5.39 Å². The van der Waals surface area contributed by atoms with Crippen LogP contribution in [-0.4, -0.2) is 24.4 Å². The Balaban J connectivity index is 1.74. The molecule has 6 heteroatoms. The standard InChI is InChI=1S/C22H18N4O2/c1-3-28-21(27)20-24-26(16-12-10-14(2)11-13-16)22-23-17-8-4-6-15-7-5-9-18(19(15)17)25(20)22/h4-13H,3H2,1-2H3. The Morgan fingerprint density at radius 3 is 2.54 bits per heavy atom. The molecule has 28 heavy (non-hydrogen) atoms. The molecule has 2 aliphatic heterocycles. The van der Waals surface area contributed by atoms with Gasteiger partial charge in [-0.1, -0.05) is 42.0 Å². The lowest BCUT2D eigenvalue weighted by atomic mass is 10.0. The van der Waals surface area contributed by atoms with Gasteiger partial charge < -0.3 is 4.74 Å². The molecule has 2 heterocycles.